The maximum Gasteiger partial charge on any atom is 0.233 e. The molecule has 2 N–H and O–H groups in total. The van der Waals surface area contributed by atoms with Crippen LogP contribution in [0.4, 0.5) is 5.69 Å². The van der Waals surface area contributed by atoms with E-state index < -0.39 is 0 Å². The molecule has 25 heavy (non-hydrogen) atoms. The number of hydrogen-bond donors (Lipinski definition) is 2. The van der Waals surface area contributed by atoms with Gasteiger partial charge in [0.25, 0.3) is 0 Å². The van der Waals surface area contributed by atoms with E-state index in [0.29, 0.717) is 29.4 Å². The first-order chi connectivity index (χ1) is 12.0. The molecule has 0 radical (unpaired) electrons. The molecule has 0 spiro atoms. The maximum absolute atomic E-state index is 12.0. The molecule has 2 aromatic carbocycles. The number of methoxy groups -OCH3 is 1. The van der Waals surface area contributed by atoms with Crippen molar-refractivity contribution in [2.24, 2.45) is 0 Å². The molecule has 6 heteroatoms. The third-order valence-electron chi connectivity index (χ3n) is 3.58. The van der Waals surface area contributed by atoms with Crippen LogP contribution < -0.4 is 15.4 Å². The van der Waals surface area contributed by atoms with Gasteiger partial charge in [-0.1, -0.05) is 29.8 Å². The smallest absolute Gasteiger partial charge is 0.233 e. The minimum atomic E-state index is -0.385. The van der Waals surface area contributed by atoms with Crippen molar-refractivity contribution >= 4 is 29.1 Å². The second kappa shape index (κ2) is 9.08. The van der Waals surface area contributed by atoms with Crippen LogP contribution in [0.3, 0.4) is 0 Å². The maximum atomic E-state index is 12.0. The van der Waals surface area contributed by atoms with Crippen molar-refractivity contribution in [3.63, 3.8) is 0 Å². The molecule has 2 rings (SSSR count). The standard InChI is InChI=1S/C19H21ClN2O3/c1-13-6-7-17(25-2)16(10-13)22-19(24)12-18(23)21-9-8-14-4-3-5-15(20)11-14/h3-7,10-11H,8-9,12H2,1-2H3,(H,21,23)(H,22,24). The summed E-state index contributed by atoms with van der Waals surface area (Å²) in [6, 6.07) is 12.9. The molecule has 0 aromatic heterocycles. The molecule has 0 fully saturated rings. The van der Waals surface area contributed by atoms with Crippen molar-refractivity contribution in [2.75, 3.05) is 19.0 Å². The summed E-state index contributed by atoms with van der Waals surface area (Å²) in [4.78, 5) is 23.9. The van der Waals surface area contributed by atoms with Crippen molar-refractivity contribution in [1.29, 1.82) is 0 Å². The zero-order chi connectivity index (χ0) is 18.2. The molecule has 0 aliphatic carbocycles. The van der Waals surface area contributed by atoms with E-state index in [9.17, 15) is 9.59 Å². The van der Waals surface area contributed by atoms with Gasteiger partial charge in [-0.15, -0.1) is 0 Å². The van der Waals surface area contributed by atoms with Crippen molar-refractivity contribution in [3.05, 3.63) is 58.6 Å². The van der Waals surface area contributed by atoms with Crippen LogP contribution in [0.5, 0.6) is 5.75 Å². The molecular weight excluding hydrogens is 340 g/mol. The molecule has 2 aromatic rings. The number of aryl methyl sites for hydroxylation is 1. The van der Waals surface area contributed by atoms with E-state index in [2.05, 4.69) is 10.6 Å². The van der Waals surface area contributed by atoms with Gasteiger partial charge >= 0.3 is 0 Å². The molecule has 0 atom stereocenters. The Bertz CT molecular complexity index is 762. The second-order valence-corrected chi connectivity index (χ2v) is 6.10. The van der Waals surface area contributed by atoms with Gasteiger partial charge in [0.15, 0.2) is 0 Å². The van der Waals surface area contributed by atoms with Gasteiger partial charge in [-0.05, 0) is 48.7 Å². The molecule has 2 amide bonds. The number of nitrogens with one attached hydrogen (secondary N) is 2. The molecule has 0 saturated heterocycles. The summed E-state index contributed by atoms with van der Waals surface area (Å²) in [6.45, 7) is 2.36. The van der Waals surface area contributed by atoms with Gasteiger partial charge in [-0.2, -0.15) is 0 Å². The lowest BCUT2D eigenvalue weighted by atomic mass is 10.1. The fraction of sp³-hybridized carbons (Fsp3) is 0.263. The Morgan fingerprint density at radius 2 is 1.92 bits per heavy atom. The van der Waals surface area contributed by atoms with E-state index in [-0.39, 0.29) is 18.2 Å². The number of rotatable bonds is 7. The Morgan fingerprint density at radius 1 is 1.12 bits per heavy atom. The Hall–Kier alpha value is -2.53. The Labute approximate surface area is 152 Å². The predicted octanol–water partition coefficient (Wildman–Crippen LogP) is 3.34. The van der Waals surface area contributed by atoms with Gasteiger partial charge in [0, 0.05) is 11.6 Å². The van der Waals surface area contributed by atoms with Crippen LogP contribution in [0, 0.1) is 6.92 Å². The van der Waals surface area contributed by atoms with Crippen LogP contribution in [-0.4, -0.2) is 25.5 Å². The predicted molar refractivity (Wildman–Crippen MR) is 99.1 cm³/mol. The summed E-state index contributed by atoms with van der Waals surface area (Å²) in [5.74, 6) is -0.157. The highest BCUT2D eigenvalue weighted by Crippen LogP contribution is 2.25. The normalized spacial score (nSPS) is 10.2. The lowest BCUT2D eigenvalue weighted by Gasteiger charge is -2.11. The Morgan fingerprint density at radius 3 is 2.64 bits per heavy atom. The van der Waals surface area contributed by atoms with E-state index in [1.807, 2.05) is 31.2 Å². The monoisotopic (exact) mass is 360 g/mol. The van der Waals surface area contributed by atoms with Crippen LogP contribution in [0.1, 0.15) is 17.5 Å². The largest absolute Gasteiger partial charge is 0.495 e. The van der Waals surface area contributed by atoms with Gasteiger partial charge in [-0.3, -0.25) is 9.59 Å². The van der Waals surface area contributed by atoms with E-state index in [4.69, 9.17) is 16.3 Å². The van der Waals surface area contributed by atoms with E-state index in [1.54, 1.807) is 18.2 Å². The van der Waals surface area contributed by atoms with Crippen molar-refractivity contribution in [1.82, 2.24) is 5.32 Å². The molecule has 5 nitrogen and oxygen atoms in total. The van der Waals surface area contributed by atoms with E-state index in [1.165, 1.54) is 7.11 Å². The average Bonchev–Trinajstić information content (AvgIpc) is 2.55. The van der Waals surface area contributed by atoms with Crippen molar-refractivity contribution in [2.45, 2.75) is 19.8 Å². The number of halogens is 1. The lowest BCUT2D eigenvalue weighted by Crippen LogP contribution is -2.29. The Balaban J connectivity index is 1.80. The third-order valence-corrected chi connectivity index (χ3v) is 3.81. The SMILES string of the molecule is COc1ccc(C)cc1NC(=O)CC(=O)NCCc1cccc(Cl)c1. The highest BCUT2D eigenvalue weighted by atomic mass is 35.5. The fourth-order valence-electron chi connectivity index (χ4n) is 2.36. The highest BCUT2D eigenvalue weighted by Gasteiger charge is 2.12. The lowest BCUT2D eigenvalue weighted by molar-refractivity contribution is -0.126. The minimum absolute atomic E-state index is 0.243. The number of carbonyl (C=O) groups is 2. The summed E-state index contributed by atoms with van der Waals surface area (Å²) in [5, 5.41) is 6.10. The average molecular weight is 361 g/mol. The van der Waals surface area contributed by atoms with Crippen LogP contribution in [-0.2, 0) is 16.0 Å². The highest BCUT2D eigenvalue weighted by molar-refractivity contribution is 6.30. The number of amides is 2. The fourth-order valence-corrected chi connectivity index (χ4v) is 2.57. The van der Waals surface area contributed by atoms with Gasteiger partial charge < -0.3 is 15.4 Å². The molecule has 0 aliphatic rings. The number of hydrogen-bond acceptors (Lipinski definition) is 3. The van der Waals surface area contributed by atoms with Gasteiger partial charge in [0.1, 0.15) is 12.2 Å². The first-order valence-corrected chi connectivity index (χ1v) is 8.31. The zero-order valence-corrected chi connectivity index (χ0v) is 15.0. The molecule has 132 valence electrons. The van der Waals surface area contributed by atoms with Crippen LogP contribution in [0.2, 0.25) is 5.02 Å². The van der Waals surface area contributed by atoms with Gasteiger partial charge in [0.05, 0.1) is 12.8 Å². The molecule has 0 bridgehead atoms. The number of benzene rings is 2. The van der Waals surface area contributed by atoms with Gasteiger partial charge in [0.2, 0.25) is 11.8 Å². The summed E-state index contributed by atoms with van der Waals surface area (Å²) in [7, 11) is 1.53. The summed E-state index contributed by atoms with van der Waals surface area (Å²) in [6.07, 6.45) is 0.409. The number of carbonyl (C=O) groups excluding carboxylic acids is 2. The van der Waals surface area contributed by atoms with Gasteiger partial charge in [-0.25, -0.2) is 0 Å². The van der Waals surface area contributed by atoms with Crippen LogP contribution >= 0.6 is 11.6 Å². The summed E-state index contributed by atoms with van der Waals surface area (Å²) < 4.78 is 5.20. The molecule has 0 heterocycles. The molecule has 0 unspecified atom stereocenters. The number of ether oxygens (including phenoxy) is 1. The molecular formula is C19H21ClN2O3. The first-order valence-electron chi connectivity index (χ1n) is 7.93. The zero-order valence-electron chi connectivity index (χ0n) is 14.3. The number of anilines is 1. The van der Waals surface area contributed by atoms with E-state index >= 15 is 0 Å². The minimum Gasteiger partial charge on any atom is -0.495 e. The summed E-state index contributed by atoms with van der Waals surface area (Å²) >= 11 is 5.92. The topological polar surface area (TPSA) is 67.4 Å². The van der Waals surface area contributed by atoms with Crippen molar-refractivity contribution in [3.8, 4) is 5.75 Å². The first kappa shape index (κ1) is 18.8. The quantitative estimate of drug-likeness (QED) is 0.744. The van der Waals surface area contributed by atoms with Crippen LogP contribution in [0.25, 0.3) is 0 Å². The summed E-state index contributed by atoms with van der Waals surface area (Å²) in [5.41, 5.74) is 2.57. The van der Waals surface area contributed by atoms with Crippen molar-refractivity contribution < 1.29 is 14.3 Å². The van der Waals surface area contributed by atoms with E-state index in [0.717, 1.165) is 11.1 Å². The Kier molecular flexibility index (Phi) is 6.83. The molecule has 0 aliphatic heterocycles. The van der Waals surface area contributed by atoms with Crippen LogP contribution in [0.15, 0.2) is 42.5 Å². The third kappa shape index (κ3) is 6.12. The second-order valence-electron chi connectivity index (χ2n) is 5.66. The molecule has 0 saturated carbocycles.